The Kier molecular flexibility index (Phi) is 4.23. The molecule has 1 aliphatic heterocycles. The van der Waals surface area contributed by atoms with E-state index < -0.39 is 0 Å². The van der Waals surface area contributed by atoms with Crippen molar-refractivity contribution in [2.24, 2.45) is 17.8 Å². The average molecular weight is 316 g/mol. The van der Waals surface area contributed by atoms with Gasteiger partial charge in [-0.05, 0) is 22.9 Å². The molecule has 0 bridgehead atoms. The number of aryl methyl sites for hydroxylation is 1. The van der Waals surface area contributed by atoms with Gasteiger partial charge in [0.15, 0.2) is 5.96 Å². The Morgan fingerprint density at radius 2 is 2.50 bits per heavy atom. The van der Waals surface area contributed by atoms with E-state index in [4.69, 9.17) is 10.5 Å². The van der Waals surface area contributed by atoms with Crippen molar-refractivity contribution in [3.63, 3.8) is 0 Å². The number of guanidine groups is 1. The molecular formula is C11H18BrN5O. The Labute approximate surface area is 115 Å². The standard InChI is InChI=1S/C11H18BrN5O/c1-8-6-17(3-4-18-8)11(13)14-5-10-9(12)7-16(2)15-10/h7-8H,3-6H2,1-2H3,(H2,13,14). The van der Waals surface area contributed by atoms with Gasteiger partial charge in [0.05, 0.1) is 29.4 Å². The van der Waals surface area contributed by atoms with Gasteiger partial charge < -0.3 is 15.4 Å². The molecule has 1 fully saturated rings. The Balaban J connectivity index is 1.98. The van der Waals surface area contributed by atoms with E-state index in [1.807, 2.05) is 25.1 Å². The summed E-state index contributed by atoms with van der Waals surface area (Å²) in [5.74, 6) is 0.558. The number of aromatic nitrogens is 2. The van der Waals surface area contributed by atoms with Crippen LogP contribution in [-0.2, 0) is 18.3 Å². The number of rotatable bonds is 2. The third kappa shape index (κ3) is 3.23. The lowest BCUT2D eigenvalue weighted by atomic mass is 10.3. The summed E-state index contributed by atoms with van der Waals surface area (Å²) in [5.41, 5.74) is 6.88. The third-order valence-electron chi connectivity index (χ3n) is 2.81. The lowest BCUT2D eigenvalue weighted by Gasteiger charge is -2.31. The van der Waals surface area contributed by atoms with Crippen LogP contribution >= 0.6 is 15.9 Å². The fourth-order valence-corrected chi connectivity index (χ4v) is 2.40. The van der Waals surface area contributed by atoms with Crippen LogP contribution in [0.5, 0.6) is 0 Å². The van der Waals surface area contributed by atoms with Crippen LogP contribution in [0.3, 0.4) is 0 Å². The van der Waals surface area contributed by atoms with Crippen LogP contribution in [0.2, 0.25) is 0 Å². The molecule has 7 heteroatoms. The second-order valence-corrected chi connectivity index (χ2v) is 5.25. The first-order chi connectivity index (χ1) is 8.56. The normalized spacial score (nSPS) is 21.4. The van der Waals surface area contributed by atoms with Crippen LogP contribution in [0.1, 0.15) is 12.6 Å². The second-order valence-electron chi connectivity index (χ2n) is 4.40. The average Bonchev–Trinajstić information content (AvgIpc) is 2.65. The van der Waals surface area contributed by atoms with E-state index in [2.05, 4.69) is 26.0 Å². The Bertz CT molecular complexity index is 445. The van der Waals surface area contributed by atoms with Crippen molar-refractivity contribution in [3.05, 3.63) is 16.4 Å². The highest BCUT2D eigenvalue weighted by Crippen LogP contribution is 2.15. The maximum Gasteiger partial charge on any atom is 0.191 e. The van der Waals surface area contributed by atoms with Gasteiger partial charge in [0.2, 0.25) is 0 Å². The molecule has 1 aromatic rings. The van der Waals surface area contributed by atoms with Crippen LogP contribution in [0, 0.1) is 0 Å². The first-order valence-corrected chi connectivity index (χ1v) is 6.70. The summed E-state index contributed by atoms with van der Waals surface area (Å²) >= 11 is 3.45. The van der Waals surface area contributed by atoms with E-state index in [9.17, 15) is 0 Å². The molecule has 1 atom stereocenters. The molecule has 100 valence electrons. The maximum atomic E-state index is 5.99. The van der Waals surface area contributed by atoms with Crippen molar-refractivity contribution in [2.75, 3.05) is 19.7 Å². The van der Waals surface area contributed by atoms with E-state index >= 15 is 0 Å². The lowest BCUT2D eigenvalue weighted by Crippen LogP contribution is -2.47. The first kappa shape index (κ1) is 13.4. The number of morpholine rings is 1. The molecule has 0 spiro atoms. The van der Waals surface area contributed by atoms with Gasteiger partial charge >= 0.3 is 0 Å². The summed E-state index contributed by atoms with van der Waals surface area (Å²) in [5, 5.41) is 4.31. The minimum Gasteiger partial charge on any atom is -0.375 e. The molecule has 0 aliphatic carbocycles. The van der Waals surface area contributed by atoms with E-state index in [0.717, 1.165) is 23.3 Å². The van der Waals surface area contributed by atoms with Crippen LogP contribution in [0.25, 0.3) is 0 Å². The molecule has 2 rings (SSSR count). The molecule has 6 nitrogen and oxygen atoms in total. The maximum absolute atomic E-state index is 5.99. The van der Waals surface area contributed by atoms with Gasteiger partial charge in [-0.3, -0.25) is 4.68 Å². The van der Waals surface area contributed by atoms with E-state index in [0.29, 0.717) is 19.1 Å². The van der Waals surface area contributed by atoms with Gasteiger partial charge in [-0.15, -0.1) is 0 Å². The van der Waals surface area contributed by atoms with Crippen LogP contribution in [0.4, 0.5) is 0 Å². The minimum absolute atomic E-state index is 0.203. The topological polar surface area (TPSA) is 68.7 Å². The van der Waals surface area contributed by atoms with Crippen molar-refractivity contribution in [1.29, 1.82) is 0 Å². The molecule has 1 aromatic heterocycles. The van der Waals surface area contributed by atoms with Gasteiger partial charge in [-0.25, -0.2) is 4.99 Å². The summed E-state index contributed by atoms with van der Waals surface area (Å²) in [6.45, 7) is 4.81. The highest BCUT2D eigenvalue weighted by atomic mass is 79.9. The molecule has 0 aromatic carbocycles. The van der Waals surface area contributed by atoms with Crippen molar-refractivity contribution in [1.82, 2.24) is 14.7 Å². The zero-order valence-corrected chi connectivity index (χ0v) is 12.2. The predicted molar refractivity (Wildman–Crippen MR) is 73.2 cm³/mol. The smallest absolute Gasteiger partial charge is 0.191 e. The lowest BCUT2D eigenvalue weighted by molar-refractivity contribution is 0.00528. The van der Waals surface area contributed by atoms with Gasteiger partial charge in [0.25, 0.3) is 0 Å². The molecular weight excluding hydrogens is 298 g/mol. The summed E-state index contributed by atoms with van der Waals surface area (Å²) < 4.78 is 8.18. The van der Waals surface area contributed by atoms with E-state index in [-0.39, 0.29) is 6.10 Å². The largest absolute Gasteiger partial charge is 0.375 e. The van der Waals surface area contributed by atoms with Crippen molar-refractivity contribution in [3.8, 4) is 0 Å². The fraction of sp³-hybridized carbons (Fsp3) is 0.636. The number of halogens is 1. The molecule has 1 unspecified atom stereocenters. The summed E-state index contributed by atoms with van der Waals surface area (Å²) in [7, 11) is 1.88. The van der Waals surface area contributed by atoms with Gasteiger partial charge in [0.1, 0.15) is 0 Å². The number of hydrogen-bond donors (Lipinski definition) is 1. The van der Waals surface area contributed by atoms with Crippen molar-refractivity contribution >= 4 is 21.9 Å². The summed E-state index contributed by atoms with van der Waals surface area (Å²) in [4.78, 5) is 6.43. The van der Waals surface area contributed by atoms with Crippen LogP contribution < -0.4 is 5.73 Å². The van der Waals surface area contributed by atoms with Crippen LogP contribution in [-0.4, -0.2) is 46.4 Å². The minimum atomic E-state index is 0.203. The monoisotopic (exact) mass is 315 g/mol. The molecule has 1 saturated heterocycles. The zero-order chi connectivity index (χ0) is 13.1. The molecule has 0 amide bonds. The number of nitrogens with two attached hydrogens (primary N) is 1. The molecule has 18 heavy (non-hydrogen) atoms. The number of hydrogen-bond acceptors (Lipinski definition) is 3. The molecule has 0 radical (unpaired) electrons. The summed E-state index contributed by atoms with van der Waals surface area (Å²) in [6.07, 6.45) is 2.10. The fourth-order valence-electron chi connectivity index (χ4n) is 1.90. The van der Waals surface area contributed by atoms with Gasteiger partial charge in [-0.1, -0.05) is 0 Å². The number of aliphatic imine (C=N–C) groups is 1. The van der Waals surface area contributed by atoms with Gasteiger partial charge in [-0.2, -0.15) is 5.10 Å². The quantitative estimate of drug-likeness (QED) is 0.645. The number of nitrogens with zero attached hydrogens (tertiary/aromatic N) is 4. The predicted octanol–water partition coefficient (Wildman–Crippen LogP) is 0.718. The van der Waals surface area contributed by atoms with Crippen molar-refractivity contribution in [2.45, 2.75) is 19.6 Å². The van der Waals surface area contributed by atoms with E-state index in [1.54, 1.807) is 4.68 Å². The Morgan fingerprint density at radius 3 is 3.11 bits per heavy atom. The van der Waals surface area contributed by atoms with E-state index in [1.165, 1.54) is 0 Å². The molecule has 2 heterocycles. The van der Waals surface area contributed by atoms with Gasteiger partial charge in [0, 0.05) is 26.3 Å². The SMILES string of the molecule is CC1CN(C(N)=NCc2nn(C)cc2Br)CCO1. The second kappa shape index (κ2) is 5.71. The molecule has 0 saturated carbocycles. The van der Waals surface area contributed by atoms with Crippen molar-refractivity contribution < 1.29 is 4.74 Å². The highest BCUT2D eigenvalue weighted by Gasteiger charge is 2.18. The Hall–Kier alpha value is -1.08. The molecule has 2 N–H and O–H groups in total. The highest BCUT2D eigenvalue weighted by molar-refractivity contribution is 9.10. The molecule has 1 aliphatic rings. The number of ether oxygens (including phenoxy) is 1. The Morgan fingerprint density at radius 1 is 1.72 bits per heavy atom. The first-order valence-electron chi connectivity index (χ1n) is 5.90. The summed E-state index contributed by atoms with van der Waals surface area (Å²) in [6, 6.07) is 0. The third-order valence-corrected chi connectivity index (χ3v) is 3.47. The zero-order valence-electron chi connectivity index (χ0n) is 10.6. The van der Waals surface area contributed by atoms with Crippen LogP contribution in [0.15, 0.2) is 15.7 Å².